The van der Waals surface area contributed by atoms with Gasteiger partial charge in [0.2, 0.25) is 5.91 Å². The van der Waals surface area contributed by atoms with Crippen LogP contribution in [0.25, 0.3) is 0 Å². The van der Waals surface area contributed by atoms with Gasteiger partial charge in [-0.25, -0.2) is 0 Å². The first-order valence-electron chi connectivity index (χ1n) is 5.39. The third-order valence-corrected chi connectivity index (χ3v) is 2.50. The minimum atomic E-state index is -1.09. The molecule has 0 radical (unpaired) electrons. The average molecular weight is 248 g/mol. The predicted molar refractivity (Wildman–Crippen MR) is 67.6 cm³/mol. The van der Waals surface area contributed by atoms with E-state index < -0.39 is 5.41 Å². The number of nitrogens with zero attached hydrogens (tertiary/aromatic N) is 1. The highest BCUT2D eigenvalue weighted by atomic mass is 16.5. The molecule has 1 rings (SSSR count). The van der Waals surface area contributed by atoms with Gasteiger partial charge in [0.1, 0.15) is 16.9 Å². The summed E-state index contributed by atoms with van der Waals surface area (Å²) >= 11 is 0. The van der Waals surface area contributed by atoms with E-state index in [-0.39, 0.29) is 5.91 Å². The van der Waals surface area contributed by atoms with Crippen LogP contribution in [0.2, 0.25) is 0 Å². The molecule has 5 heteroatoms. The molecular formula is C13H16N2O3. The Balaban J connectivity index is 2.99. The summed E-state index contributed by atoms with van der Waals surface area (Å²) in [7, 11) is 3.05. The molecule has 0 unspecified atom stereocenters. The van der Waals surface area contributed by atoms with Gasteiger partial charge in [-0.3, -0.25) is 4.79 Å². The summed E-state index contributed by atoms with van der Waals surface area (Å²) in [4.78, 5) is 11.9. The zero-order valence-electron chi connectivity index (χ0n) is 10.9. The largest absolute Gasteiger partial charge is 0.497 e. The normalized spacial score (nSPS) is 10.4. The van der Waals surface area contributed by atoms with E-state index in [1.807, 2.05) is 6.07 Å². The molecule has 1 N–H and O–H groups in total. The maximum absolute atomic E-state index is 11.9. The number of rotatable bonds is 4. The van der Waals surface area contributed by atoms with Crippen molar-refractivity contribution < 1.29 is 14.3 Å². The predicted octanol–water partition coefficient (Wildman–Crippen LogP) is 2.19. The molecule has 1 aromatic carbocycles. The number of nitrogens with one attached hydrogen (secondary N) is 1. The maximum atomic E-state index is 11.9. The second-order valence-electron chi connectivity index (χ2n) is 4.26. The van der Waals surface area contributed by atoms with E-state index >= 15 is 0 Å². The molecular weight excluding hydrogens is 232 g/mol. The quantitative estimate of drug-likeness (QED) is 0.886. The van der Waals surface area contributed by atoms with E-state index in [0.29, 0.717) is 17.2 Å². The Morgan fingerprint density at radius 1 is 1.33 bits per heavy atom. The molecule has 0 bridgehead atoms. The standard InChI is InChI=1S/C13H16N2O3/c1-13(2,8-14)12(16)15-10-6-5-9(17-3)7-11(10)18-4/h5-7H,1-4H3,(H,15,16). The van der Waals surface area contributed by atoms with E-state index in [4.69, 9.17) is 14.7 Å². The van der Waals surface area contributed by atoms with Crippen LogP contribution in [0.15, 0.2) is 18.2 Å². The monoisotopic (exact) mass is 248 g/mol. The molecule has 0 spiro atoms. The molecule has 0 heterocycles. The highest BCUT2D eigenvalue weighted by molar-refractivity contribution is 5.97. The summed E-state index contributed by atoms with van der Waals surface area (Å²) in [5, 5.41) is 11.6. The Morgan fingerprint density at radius 3 is 2.50 bits per heavy atom. The van der Waals surface area contributed by atoms with Gasteiger partial charge in [0.15, 0.2) is 0 Å². The Labute approximate surface area is 106 Å². The second-order valence-corrected chi connectivity index (χ2v) is 4.26. The van der Waals surface area contributed by atoms with Crippen molar-refractivity contribution in [2.45, 2.75) is 13.8 Å². The van der Waals surface area contributed by atoms with Crippen molar-refractivity contribution in [3.8, 4) is 17.6 Å². The summed E-state index contributed by atoms with van der Waals surface area (Å²) in [5.74, 6) is 0.731. The molecule has 0 atom stereocenters. The number of anilines is 1. The van der Waals surface area contributed by atoms with Crippen molar-refractivity contribution in [2.24, 2.45) is 5.41 Å². The molecule has 0 aliphatic carbocycles. The van der Waals surface area contributed by atoms with E-state index in [9.17, 15) is 4.79 Å². The molecule has 0 aromatic heterocycles. The van der Waals surface area contributed by atoms with Gasteiger partial charge in [-0.1, -0.05) is 0 Å². The van der Waals surface area contributed by atoms with Crippen LogP contribution < -0.4 is 14.8 Å². The number of amides is 1. The Hall–Kier alpha value is -2.22. The molecule has 1 aromatic rings. The fraction of sp³-hybridized carbons (Fsp3) is 0.385. The fourth-order valence-corrected chi connectivity index (χ4v) is 1.23. The lowest BCUT2D eigenvalue weighted by Gasteiger charge is -2.17. The van der Waals surface area contributed by atoms with Crippen LogP contribution in [-0.4, -0.2) is 20.1 Å². The van der Waals surface area contributed by atoms with Gasteiger partial charge in [-0.15, -0.1) is 0 Å². The van der Waals surface area contributed by atoms with E-state index in [1.165, 1.54) is 7.11 Å². The van der Waals surface area contributed by atoms with Crippen LogP contribution in [0.3, 0.4) is 0 Å². The van der Waals surface area contributed by atoms with Crippen molar-refractivity contribution >= 4 is 11.6 Å². The minimum Gasteiger partial charge on any atom is -0.497 e. The van der Waals surface area contributed by atoms with Crippen LogP contribution in [0.4, 0.5) is 5.69 Å². The SMILES string of the molecule is COc1ccc(NC(=O)C(C)(C)C#N)c(OC)c1. The molecule has 18 heavy (non-hydrogen) atoms. The number of ether oxygens (including phenoxy) is 2. The number of carbonyl (C=O) groups is 1. The van der Waals surface area contributed by atoms with Gasteiger partial charge in [-0.05, 0) is 26.0 Å². The van der Waals surface area contributed by atoms with E-state index in [0.717, 1.165) is 0 Å². The van der Waals surface area contributed by atoms with Gasteiger partial charge >= 0.3 is 0 Å². The number of nitriles is 1. The molecule has 0 aliphatic rings. The van der Waals surface area contributed by atoms with Crippen LogP contribution in [-0.2, 0) is 4.79 Å². The van der Waals surface area contributed by atoms with Crippen molar-refractivity contribution in [2.75, 3.05) is 19.5 Å². The molecule has 5 nitrogen and oxygen atoms in total. The van der Waals surface area contributed by atoms with Crippen LogP contribution in [0.1, 0.15) is 13.8 Å². The summed E-state index contributed by atoms with van der Waals surface area (Å²) in [6.07, 6.45) is 0. The van der Waals surface area contributed by atoms with Crippen molar-refractivity contribution in [1.82, 2.24) is 0 Å². The zero-order valence-corrected chi connectivity index (χ0v) is 10.9. The van der Waals surface area contributed by atoms with E-state index in [2.05, 4.69) is 5.32 Å². The third kappa shape index (κ3) is 2.92. The Morgan fingerprint density at radius 2 is 2.00 bits per heavy atom. The van der Waals surface area contributed by atoms with Crippen LogP contribution >= 0.6 is 0 Å². The van der Waals surface area contributed by atoms with Gasteiger partial charge in [0.25, 0.3) is 0 Å². The lowest BCUT2D eigenvalue weighted by Crippen LogP contribution is -2.29. The van der Waals surface area contributed by atoms with Gasteiger partial charge < -0.3 is 14.8 Å². The molecule has 0 saturated heterocycles. The molecule has 1 amide bonds. The van der Waals surface area contributed by atoms with Crippen molar-refractivity contribution in [3.63, 3.8) is 0 Å². The fourth-order valence-electron chi connectivity index (χ4n) is 1.23. The van der Waals surface area contributed by atoms with Crippen LogP contribution in [0, 0.1) is 16.7 Å². The third-order valence-electron chi connectivity index (χ3n) is 2.50. The zero-order chi connectivity index (χ0) is 13.8. The summed E-state index contributed by atoms with van der Waals surface area (Å²) < 4.78 is 10.2. The number of hydrogen-bond donors (Lipinski definition) is 1. The van der Waals surface area contributed by atoms with Crippen molar-refractivity contribution in [1.29, 1.82) is 5.26 Å². The van der Waals surface area contributed by atoms with Crippen LogP contribution in [0.5, 0.6) is 11.5 Å². The maximum Gasteiger partial charge on any atom is 0.244 e. The van der Waals surface area contributed by atoms with Crippen molar-refractivity contribution in [3.05, 3.63) is 18.2 Å². The first-order valence-corrected chi connectivity index (χ1v) is 5.39. The Kier molecular flexibility index (Phi) is 4.16. The van der Waals surface area contributed by atoms with Gasteiger partial charge in [-0.2, -0.15) is 5.26 Å². The second kappa shape index (κ2) is 5.41. The summed E-state index contributed by atoms with van der Waals surface area (Å²) in [6, 6.07) is 6.98. The molecule has 96 valence electrons. The average Bonchev–Trinajstić information content (AvgIpc) is 2.38. The lowest BCUT2D eigenvalue weighted by molar-refractivity contribution is -0.121. The summed E-state index contributed by atoms with van der Waals surface area (Å²) in [5.41, 5.74) is -0.586. The number of methoxy groups -OCH3 is 2. The number of benzene rings is 1. The minimum absolute atomic E-state index is 0.381. The molecule has 0 aliphatic heterocycles. The van der Waals surface area contributed by atoms with Gasteiger partial charge in [0.05, 0.1) is 26.0 Å². The Bertz CT molecular complexity index is 489. The van der Waals surface area contributed by atoms with E-state index in [1.54, 1.807) is 39.2 Å². The topological polar surface area (TPSA) is 71.3 Å². The number of carbonyl (C=O) groups excluding carboxylic acids is 1. The molecule has 0 saturated carbocycles. The first kappa shape index (κ1) is 13.8. The summed E-state index contributed by atoms with van der Waals surface area (Å²) in [6.45, 7) is 3.11. The lowest BCUT2D eigenvalue weighted by atomic mass is 9.94. The highest BCUT2D eigenvalue weighted by Gasteiger charge is 2.27. The molecule has 0 fully saturated rings. The first-order chi connectivity index (χ1) is 8.44. The van der Waals surface area contributed by atoms with Gasteiger partial charge in [0, 0.05) is 6.07 Å². The highest BCUT2D eigenvalue weighted by Crippen LogP contribution is 2.30. The smallest absolute Gasteiger partial charge is 0.244 e. The number of hydrogen-bond acceptors (Lipinski definition) is 4.